The van der Waals surface area contributed by atoms with Crippen LogP contribution in [0.25, 0.3) is 0 Å². The van der Waals surface area contributed by atoms with Crippen LogP contribution in [0.1, 0.15) is 18.1 Å². The van der Waals surface area contributed by atoms with E-state index < -0.39 is 0 Å². The molecule has 3 rings (SSSR count). The number of nitrogens with one attached hydrogen (secondary N) is 2. The summed E-state index contributed by atoms with van der Waals surface area (Å²) in [5, 5.41) is 10.9. The number of aliphatic imine (C=N–C) groups is 1. The van der Waals surface area contributed by atoms with Gasteiger partial charge in [0.1, 0.15) is 12.4 Å². The predicted molar refractivity (Wildman–Crippen MR) is 113 cm³/mol. The molecule has 3 aromatic rings. The highest BCUT2D eigenvalue weighted by atomic mass is 16.5. The molecule has 146 valence electrons. The Morgan fingerprint density at radius 3 is 2.54 bits per heavy atom. The summed E-state index contributed by atoms with van der Waals surface area (Å²) in [4.78, 5) is 4.73. The van der Waals surface area contributed by atoms with Crippen LogP contribution < -0.4 is 15.4 Å². The molecule has 2 aromatic carbocycles. The molecule has 0 aliphatic rings. The fourth-order valence-electron chi connectivity index (χ4n) is 2.80. The molecule has 6 heteroatoms. The Morgan fingerprint density at radius 2 is 1.79 bits per heavy atom. The number of hydrogen-bond acceptors (Lipinski definition) is 3. The quantitative estimate of drug-likeness (QED) is 0.342. The molecule has 28 heavy (non-hydrogen) atoms. The third-order valence-corrected chi connectivity index (χ3v) is 4.17. The average molecular weight is 377 g/mol. The van der Waals surface area contributed by atoms with E-state index in [1.807, 2.05) is 53.3 Å². The second kappa shape index (κ2) is 10.8. The maximum atomic E-state index is 5.72. The Bertz CT molecular complexity index is 846. The average Bonchev–Trinajstić information content (AvgIpc) is 3.24. The van der Waals surface area contributed by atoms with Gasteiger partial charge in [-0.25, -0.2) is 4.99 Å². The van der Waals surface area contributed by atoms with Crippen molar-refractivity contribution in [3.63, 3.8) is 0 Å². The summed E-state index contributed by atoms with van der Waals surface area (Å²) in [5.41, 5.74) is 2.41. The lowest BCUT2D eigenvalue weighted by Crippen LogP contribution is -2.39. The van der Waals surface area contributed by atoms with Crippen molar-refractivity contribution in [1.29, 1.82) is 0 Å². The van der Waals surface area contributed by atoms with E-state index in [0.29, 0.717) is 19.7 Å². The molecule has 0 unspecified atom stereocenters. The zero-order valence-corrected chi connectivity index (χ0v) is 16.2. The Kier molecular flexibility index (Phi) is 7.49. The van der Waals surface area contributed by atoms with Gasteiger partial charge in [0, 0.05) is 18.9 Å². The van der Waals surface area contributed by atoms with Crippen molar-refractivity contribution in [3.8, 4) is 5.75 Å². The van der Waals surface area contributed by atoms with E-state index in [0.717, 1.165) is 24.8 Å². The molecule has 0 saturated carbocycles. The van der Waals surface area contributed by atoms with Gasteiger partial charge in [0.25, 0.3) is 0 Å². The molecule has 0 fully saturated rings. The molecule has 6 nitrogen and oxygen atoms in total. The second-order valence-corrected chi connectivity index (χ2v) is 6.26. The van der Waals surface area contributed by atoms with E-state index in [1.165, 1.54) is 11.1 Å². The molecular weight excluding hydrogens is 350 g/mol. The maximum absolute atomic E-state index is 5.72. The highest BCUT2D eigenvalue weighted by molar-refractivity contribution is 5.79. The molecule has 0 bridgehead atoms. The summed E-state index contributed by atoms with van der Waals surface area (Å²) >= 11 is 0. The molecule has 0 spiro atoms. The molecule has 1 aromatic heterocycles. The van der Waals surface area contributed by atoms with Crippen LogP contribution in [0.15, 0.2) is 78.0 Å². The highest BCUT2D eigenvalue weighted by Crippen LogP contribution is 2.12. The molecule has 2 N–H and O–H groups in total. The normalized spacial score (nSPS) is 11.2. The van der Waals surface area contributed by atoms with Gasteiger partial charge in [-0.2, -0.15) is 5.10 Å². The maximum Gasteiger partial charge on any atom is 0.191 e. The van der Waals surface area contributed by atoms with Crippen LogP contribution in [-0.4, -0.2) is 35.4 Å². The van der Waals surface area contributed by atoms with Crippen molar-refractivity contribution in [3.05, 3.63) is 84.2 Å². The number of aromatic nitrogens is 2. The lowest BCUT2D eigenvalue weighted by Gasteiger charge is -2.13. The first-order chi connectivity index (χ1) is 13.8. The lowest BCUT2D eigenvalue weighted by atomic mass is 10.1. The van der Waals surface area contributed by atoms with Gasteiger partial charge in [-0.1, -0.05) is 42.5 Å². The van der Waals surface area contributed by atoms with E-state index in [2.05, 4.69) is 40.9 Å². The molecule has 0 aliphatic heterocycles. The number of hydrogen-bond donors (Lipinski definition) is 2. The Morgan fingerprint density at radius 1 is 1.00 bits per heavy atom. The monoisotopic (exact) mass is 377 g/mol. The topological polar surface area (TPSA) is 63.5 Å². The minimum Gasteiger partial charge on any atom is -0.492 e. The number of rotatable bonds is 9. The largest absolute Gasteiger partial charge is 0.492 e. The number of ether oxygens (including phenoxy) is 1. The minimum atomic E-state index is 0.574. The number of para-hydroxylation sites is 1. The van der Waals surface area contributed by atoms with Gasteiger partial charge in [0.2, 0.25) is 0 Å². The zero-order chi connectivity index (χ0) is 19.4. The van der Waals surface area contributed by atoms with Crippen molar-refractivity contribution >= 4 is 5.96 Å². The third-order valence-electron chi connectivity index (χ3n) is 4.17. The van der Waals surface area contributed by atoms with Crippen LogP contribution in [-0.2, 0) is 13.1 Å². The molecule has 1 heterocycles. The first kappa shape index (κ1) is 19.5. The van der Waals surface area contributed by atoms with Crippen molar-refractivity contribution < 1.29 is 4.74 Å². The van der Waals surface area contributed by atoms with Crippen molar-refractivity contribution in [2.45, 2.75) is 20.0 Å². The van der Waals surface area contributed by atoms with Crippen LogP contribution in [0, 0.1) is 0 Å². The fourth-order valence-corrected chi connectivity index (χ4v) is 2.80. The molecular formula is C22H27N5O. The highest BCUT2D eigenvalue weighted by Gasteiger charge is 2.04. The Labute approximate surface area is 166 Å². The van der Waals surface area contributed by atoms with Crippen molar-refractivity contribution in [2.24, 2.45) is 4.99 Å². The summed E-state index contributed by atoms with van der Waals surface area (Å²) < 4.78 is 7.64. The van der Waals surface area contributed by atoms with Crippen LogP contribution in [0.4, 0.5) is 0 Å². The smallest absolute Gasteiger partial charge is 0.191 e. The zero-order valence-electron chi connectivity index (χ0n) is 16.2. The van der Waals surface area contributed by atoms with Gasteiger partial charge in [-0.15, -0.1) is 0 Å². The van der Waals surface area contributed by atoms with Crippen molar-refractivity contribution in [2.75, 3.05) is 19.7 Å². The van der Waals surface area contributed by atoms with Crippen LogP contribution in [0.3, 0.4) is 0 Å². The number of nitrogens with zero attached hydrogens (tertiary/aromatic N) is 3. The SMILES string of the molecule is CCNC(=NCc1ccccc1Cn1cccn1)NCCOc1ccccc1. The Balaban J connectivity index is 1.55. The standard InChI is InChI=1S/C22H27N5O/c1-2-23-22(24-14-16-28-21-11-4-3-5-12-21)25-17-19-9-6-7-10-20(19)18-27-15-8-13-26-27/h3-13,15H,2,14,16-18H2,1H3,(H2,23,24,25). The molecule has 0 aliphatic carbocycles. The second-order valence-electron chi connectivity index (χ2n) is 6.26. The fraction of sp³-hybridized carbons (Fsp3) is 0.273. The van der Waals surface area contributed by atoms with Crippen LogP contribution in [0.2, 0.25) is 0 Å². The van der Waals surface area contributed by atoms with E-state index in [9.17, 15) is 0 Å². The summed E-state index contributed by atoms with van der Waals surface area (Å²) in [6.45, 7) is 5.46. The first-order valence-electron chi connectivity index (χ1n) is 9.59. The van der Waals surface area contributed by atoms with E-state index in [-0.39, 0.29) is 0 Å². The summed E-state index contributed by atoms with van der Waals surface area (Å²) in [7, 11) is 0. The summed E-state index contributed by atoms with van der Waals surface area (Å²) in [6.07, 6.45) is 3.77. The summed E-state index contributed by atoms with van der Waals surface area (Å²) in [5.74, 6) is 1.66. The first-order valence-corrected chi connectivity index (χ1v) is 9.59. The predicted octanol–water partition coefficient (Wildman–Crippen LogP) is 3.07. The van der Waals surface area contributed by atoms with Gasteiger partial charge >= 0.3 is 0 Å². The van der Waals surface area contributed by atoms with Gasteiger partial charge in [0.15, 0.2) is 5.96 Å². The minimum absolute atomic E-state index is 0.574. The molecule has 0 atom stereocenters. The van der Waals surface area contributed by atoms with Gasteiger partial charge in [-0.05, 0) is 36.2 Å². The van der Waals surface area contributed by atoms with Gasteiger partial charge < -0.3 is 15.4 Å². The van der Waals surface area contributed by atoms with E-state index in [1.54, 1.807) is 6.20 Å². The van der Waals surface area contributed by atoms with Crippen molar-refractivity contribution in [1.82, 2.24) is 20.4 Å². The Hall–Kier alpha value is -3.28. The van der Waals surface area contributed by atoms with E-state index >= 15 is 0 Å². The van der Waals surface area contributed by atoms with Gasteiger partial charge in [0.05, 0.1) is 19.6 Å². The van der Waals surface area contributed by atoms with Crippen LogP contribution >= 0.6 is 0 Å². The van der Waals surface area contributed by atoms with Gasteiger partial charge in [-0.3, -0.25) is 4.68 Å². The molecule has 0 saturated heterocycles. The molecule has 0 amide bonds. The molecule has 0 radical (unpaired) electrons. The lowest BCUT2D eigenvalue weighted by molar-refractivity contribution is 0.322. The summed E-state index contributed by atoms with van der Waals surface area (Å²) in [6, 6.07) is 20.1. The number of guanidine groups is 1. The third kappa shape index (κ3) is 6.16. The van der Waals surface area contributed by atoms with Crippen LogP contribution in [0.5, 0.6) is 5.75 Å². The van der Waals surface area contributed by atoms with E-state index in [4.69, 9.17) is 9.73 Å². The number of benzene rings is 2.